The number of hydrogen-bond donors (Lipinski definition) is 1. The van der Waals surface area contributed by atoms with Gasteiger partial charge < -0.3 is 4.74 Å². The SMILES string of the molecule is C=CCOC(=O)Nc1ccc(S(=O)(=O)CC)cc1. The standard InChI is InChI=1S/C12H15NO4S/c1-3-9-17-12(14)13-10-5-7-11(8-6-10)18(15,16)4-2/h3,5-8H,1,4,9H2,2H3,(H,13,14). The van der Waals surface area contributed by atoms with Crippen molar-refractivity contribution in [2.75, 3.05) is 17.7 Å². The number of amides is 1. The van der Waals surface area contributed by atoms with Gasteiger partial charge >= 0.3 is 6.09 Å². The zero-order valence-corrected chi connectivity index (χ0v) is 10.9. The van der Waals surface area contributed by atoms with Gasteiger partial charge in [0.1, 0.15) is 6.61 Å². The van der Waals surface area contributed by atoms with Crippen LogP contribution < -0.4 is 5.32 Å². The maximum Gasteiger partial charge on any atom is 0.411 e. The summed E-state index contributed by atoms with van der Waals surface area (Å²) in [5.74, 6) is 0.0428. The van der Waals surface area contributed by atoms with Gasteiger partial charge in [0.05, 0.1) is 10.6 Å². The Hall–Kier alpha value is -1.82. The van der Waals surface area contributed by atoms with Crippen LogP contribution >= 0.6 is 0 Å². The molecular formula is C12H15NO4S. The van der Waals surface area contributed by atoms with Gasteiger partial charge in [0.2, 0.25) is 0 Å². The minimum absolute atomic E-state index is 0.0428. The van der Waals surface area contributed by atoms with Gasteiger partial charge in [-0.15, -0.1) is 0 Å². The quantitative estimate of drug-likeness (QED) is 0.832. The van der Waals surface area contributed by atoms with Crippen LogP contribution in [0.5, 0.6) is 0 Å². The maximum atomic E-state index is 11.6. The van der Waals surface area contributed by atoms with Gasteiger partial charge in [-0.1, -0.05) is 19.6 Å². The van der Waals surface area contributed by atoms with Crippen molar-refractivity contribution in [1.82, 2.24) is 0 Å². The first-order chi connectivity index (χ1) is 8.49. The molecule has 0 unspecified atom stereocenters. The molecule has 0 saturated carbocycles. The molecule has 0 bridgehead atoms. The van der Waals surface area contributed by atoms with Crippen molar-refractivity contribution in [2.45, 2.75) is 11.8 Å². The van der Waals surface area contributed by atoms with E-state index >= 15 is 0 Å². The molecule has 1 aromatic carbocycles. The Morgan fingerprint density at radius 3 is 2.50 bits per heavy atom. The minimum atomic E-state index is -3.21. The van der Waals surface area contributed by atoms with Gasteiger partial charge in [-0.05, 0) is 24.3 Å². The molecule has 5 nitrogen and oxygen atoms in total. The van der Waals surface area contributed by atoms with Crippen molar-refractivity contribution in [3.63, 3.8) is 0 Å². The first-order valence-electron chi connectivity index (χ1n) is 5.37. The molecule has 0 aliphatic carbocycles. The van der Waals surface area contributed by atoms with Crippen LogP contribution in [0.4, 0.5) is 10.5 Å². The van der Waals surface area contributed by atoms with Gasteiger partial charge in [0.15, 0.2) is 9.84 Å². The highest BCUT2D eigenvalue weighted by Gasteiger charge is 2.11. The summed E-state index contributed by atoms with van der Waals surface area (Å²) >= 11 is 0. The number of benzene rings is 1. The highest BCUT2D eigenvalue weighted by molar-refractivity contribution is 7.91. The average Bonchev–Trinajstić information content (AvgIpc) is 2.37. The summed E-state index contributed by atoms with van der Waals surface area (Å²) in [4.78, 5) is 11.4. The lowest BCUT2D eigenvalue weighted by Crippen LogP contribution is -2.13. The van der Waals surface area contributed by atoms with E-state index in [2.05, 4.69) is 11.9 Å². The average molecular weight is 269 g/mol. The van der Waals surface area contributed by atoms with Crippen LogP contribution in [0.2, 0.25) is 0 Å². The third-order valence-electron chi connectivity index (χ3n) is 2.17. The lowest BCUT2D eigenvalue weighted by atomic mass is 10.3. The number of carbonyl (C=O) groups is 1. The van der Waals surface area contributed by atoms with E-state index in [9.17, 15) is 13.2 Å². The van der Waals surface area contributed by atoms with E-state index in [1.165, 1.54) is 30.3 Å². The fourth-order valence-electron chi connectivity index (χ4n) is 1.20. The Kier molecular flexibility index (Phi) is 4.91. The number of ether oxygens (including phenoxy) is 1. The summed E-state index contributed by atoms with van der Waals surface area (Å²) in [5, 5.41) is 2.47. The highest BCUT2D eigenvalue weighted by atomic mass is 32.2. The van der Waals surface area contributed by atoms with Crippen molar-refractivity contribution in [3.05, 3.63) is 36.9 Å². The second kappa shape index (κ2) is 6.20. The highest BCUT2D eigenvalue weighted by Crippen LogP contribution is 2.15. The molecule has 0 radical (unpaired) electrons. The van der Waals surface area contributed by atoms with E-state index in [0.717, 1.165) is 0 Å². The third-order valence-corrected chi connectivity index (χ3v) is 3.92. The summed E-state index contributed by atoms with van der Waals surface area (Å²) in [7, 11) is -3.21. The largest absolute Gasteiger partial charge is 0.445 e. The van der Waals surface area contributed by atoms with E-state index in [0.29, 0.717) is 5.69 Å². The molecule has 1 amide bonds. The van der Waals surface area contributed by atoms with Crippen molar-refractivity contribution in [1.29, 1.82) is 0 Å². The molecule has 1 aromatic rings. The topological polar surface area (TPSA) is 72.5 Å². The lowest BCUT2D eigenvalue weighted by Gasteiger charge is -2.06. The van der Waals surface area contributed by atoms with Crippen LogP contribution in [0.3, 0.4) is 0 Å². The predicted octanol–water partition coefficient (Wildman–Crippen LogP) is 2.21. The molecule has 0 saturated heterocycles. The van der Waals surface area contributed by atoms with Gasteiger partial charge in [-0.3, -0.25) is 5.32 Å². The van der Waals surface area contributed by atoms with Crippen molar-refractivity contribution in [2.24, 2.45) is 0 Å². The van der Waals surface area contributed by atoms with Crippen LogP contribution in [0.25, 0.3) is 0 Å². The molecule has 6 heteroatoms. The summed E-state index contributed by atoms with van der Waals surface area (Å²) in [6, 6.07) is 5.92. The fraction of sp³-hybridized carbons (Fsp3) is 0.250. The number of carbonyl (C=O) groups excluding carboxylic acids is 1. The zero-order chi connectivity index (χ0) is 13.6. The third kappa shape index (κ3) is 3.89. The van der Waals surface area contributed by atoms with E-state index in [1.54, 1.807) is 6.92 Å². The number of rotatable bonds is 5. The molecule has 18 heavy (non-hydrogen) atoms. The van der Waals surface area contributed by atoms with Crippen molar-refractivity contribution >= 4 is 21.6 Å². The Bertz CT molecular complexity index is 520. The van der Waals surface area contributed by atoms with Crippen LogP contribution in [-0.4, -0.2) is 26.9 Å². The van der Waals surface area contributed by atoms with E-state index in [4.69, 9.17) is 4.74 Å². The molecular weight excluding hydrogens is 254 g/mol. The zero-order valence-electron chi connectivity index (χ0n) is 10.0. The molecule has 0 spiro atoms. The number of hydrogen-bond acceptors (Lipinski definition) is 4. The summed E-state index contributed by atoms with van der Waals surface area (Å²) < 4.78 is 27.8. The molecule has 1 rings (SSSR count). The molecule has 1 N–H and O–H groups in total. The molecule has 0 atom stereocenters. The second-order valence-electron chi connectivity index (χ2n) is 3.44. The van der Waals surface area contributed by atoms with Gasteiger partial charge in [0, 0.05) is 5.69 Å². The van der Waals surface area contributed by atoms with Crippen molar-refractivity contribution in [3.8, 4) is 0 Å². The maximum absolute atomic E-state index is 11.6. The second-order valence-corrected chi connectivity index (χ2v) is 5.72. The Labute approximate surface area is 106 Å². The number of nitrogens with one attached hydrogen (secondary N) is 1. The molecule has 0 fully saturated rings. The van der Waals surface area contributed by atoms with Gasteiger partial charge in [-0.2, -0.15) is 0 Å². The molecule has 0 aliphatic rings. The van der Waals surface area contributed by atoms with Crippen molar-refractivity contribution < 1.29 is 17.9 Å². The van der Waals surface area contributed by atoms with Gasteiger partial charge in [0.25, 0.3) is 0 Å². The van der Waals surface area contributed by atoms with E-state index in [1.807, 2.05) is 0 Å². The van der Waals surface area contributed by atoms with Crippen LogP contribution in [0, 0.1) is 0 Å². The molecule has 0 aromatic heterocycles. The predicted molar refractivity (Wildman–Crippen MR) is 69.3 cm³/mol. The molecule has 98 valence electrons. The first-order valence-corrected chi connectivity index (χ1v) is 7.02. The Morgan fingerprint density at radius 1 is 1.39 bits per heavy atom. The van der Waals surface area contributed by atoms with Crippen LogP contribution in [-0.2, 0) is 14.6 Å². The smallest absolute Gasteiger partial charge is 0.411 e. The first kappa shape index (κ1) is 14.2. The molecule has 0 heterocycles. The lowest BCUT2D eigenvalue weighted by molar-refractivity contribution is 0.174. The summed E-state index contributed by atoms with van der Waals surface area (Å²) in [5.41, 5.74) is 0.471. The molecule has 0 aliphatic heterocycles. The van der Waals surface area contributed by atoms with E-state index < -0.39 is 15.9 Å². The summed E-state index contributed by atoms with van der Waals surface area (Å²) in [6.07, 6.45) is 0.845. The normalized spacial score (nSPS) is 10.7. The van der Waals surface area contributed by atoms with Gasteiger partial charge in [-0.25, -0.2) is 13.2 Å². The Balaban J connectivity index is 2.72. The monoisotopic (exact) mass is 269 g/mol. The fourth-order valence-corrected chi connectivity index (χ4v) is 2.08. The minimum Gasteiger partial charge on any atom is -0.445 e. The number of anilines is 1. The Morgan fingerprint density at radius 2 is 2.00 bits per heavy atom. The number of sulfone groups is 1. The van der Waals surface area contributed by atoms with E-state index in [-0.39, 0.29) is 17.3 Å². The summed E-state index contributed by atoms with van der Waals surface area (Å²) in [6.45, 7) is 5.11. The van der Waals surface area contributed by atoms with Crippen LogP contribution in [0.1, 0.15) is 6.92 Å². The van der Waals surface area contributed by atoms with Crippen LogP contribution in [0.15, 0.2) is 41.8 Å².